The highest BCUT2D eigenvalue weighted by atomic mass is 32.2. The van der Waals surface area contributed by atoms with Gasteiger partial charge in [0.15, 0.2) is 0 Å². The minimum absolute atomic E-state index is 0.0406. The van der Waals surface area contributed by atoms with E-state index < -0.39 is 6.04 Å². The zero-order chi connectivity index (χ0) is 22.8. The van der Waals surface area contributed by atoms with Gasteiger partial charge in [0, 0.05) is 18.3 Å². The van der Waals surface area contributed by atoms with Crippen LogP contribution in [-0.4, -0.2) is 41.7 Å². The van der Waals surface area contributed by atoms with Gasteiger partial charge in [0.05, 0.1) is 12.9 Å². The van der Waals surface area contributed by atoms with Crippen molar-refractivity contribution in [3.05, 3.63) is 65.2 Å². The van der Waals surface area contributed by atoms with E-state index in [4.69, 9.17) is 4.74 Å². The molecule has 5 nitrogen and oxygen atoms in total. The van der Waals surface area contributed by atoms with E-state index in [1.807, 2.05) is 50.2 Å². The van der Waals surface area contributed by atoms with Gasteiger partial charge < -0.3 is 15.0 Å². The molecule has 31 heavy (non-hydrogen) atoms. The Balaban J connectivity index is 2.09. The van der Waals surface area contributed by atoms with E-state index in [2.05, 4.69) is 24.4 Å². The molecule has 2 aromatic carbocycles. The number of benzene rings is 2. The molecule has 6 heteroatoms. The Hall–Kier alpha value is -2.47. The topological polar surface area (TPSA) is 58.6 Å². The van der Waals surface area contributed by atoms with E-state index in [1.165, 1.54) is 11.1 Å². The normalized spacial score (nSPS) is 12.7. The first-order valence-electron chi connectivity index (χ1n) is 10.7. The Labute approximate surface area is 190 Å². The number of nitrogens with zero attached hydrogens (tertiary/aromatic N) is 1. The quantitative estimate of drug-likeness (QED) is 0.554. The molecule has 0 aromatic heterocycles. The number of methoxy groups -OCH3 is 1. The second-order valence-electron chi connectivity index (χ2n) is 7.78. The SMILES string of the molecule is CC[C@@H](C)NC(=O)[C@@H](C)N(Cc1ccc(OC)cc1)C(=O)CSCc1ccccc1C. The van der Waals surface area contributed by atoms with Crippen molar-refractivity contribution < 1.29 is 14.3 Å². The van der Waals surface area contributed by atoms with Crippen LogP contribution in [0.1, 0.15) is 43.9 Å². The molecule has 0 unspecified atom stereocenters. The molecule has 2 amide bonds. The Morgan fingerprint density at radius 3 is 2.39 bits per heavy atom. The fraction of sp³-hybridized carbons (Fsp3) is 0.440. The first-order chi connectivity index (χ1) is 14.8. The largest absolute Gasteiger partial charge is 0.497 e. The lowest BCUT2D eigenvalue weighted by atomic mass is 10.1. The fourth-order valence-electron chi connectivity index (χ4n) is 3.08. The molecule has 2 atom stereocenters. The molecule has 0 fully saturated rings. The Morgan fingerprint density at radius 1 is 1.10 bits per heavy atom. The minimum atomic E-state index is -0.553. The number of carbonyl (C=O) groups excluding carboxylic acids is 2. The standard InChI is InChI=1S/C25H34N2O3S/c1-6-19(3)26-25(29)20(4)27(15-21-11-13-23(30-5)14-12-21)24(28)17-31-16-22-10-8-7-9-18(22)2/h7-14,19-20H,6,15-17H2,1-5H3,(H,26,29)/t19-,20-/m1/s1. The summed E-state index contributed by atoms with van der Waals surface area (Å²) in [5.41, 5.74) is 3.41. The third-order valence-corrected chi connectivity index (χ3v) is 6.39. The summed E-state index contributed by atoms with van der Waals surface area (Å²) in [6.45, 7) is 8.25. The lowest BCUT2D eigenvalue weighted by molar-refractivity contribution is -0.138. The van der Waals surface area contributed by atoms with Crippen LogP contribution in [0.4, 0.5) is 0 Å². The fourth-order valence-corrected chi connectivity index (χ4v) is 4.07. The Bertz CT molecular complexity index is 854. The van der Waals surface area contributed by atoms with Gasteiger partial charge in [-0.05, 0) is 56.0 Å². The number of ether oxygens (including phenoxy) is 1. The van der Waals surface area contributed by atoms with Crippen molar-refractivity contribution in [3.8, 4) is 5.75 Å². The van der Waals surface area contributed by atoms with Gasteiger partial charge in [0.25, 0.3) is 0 Å². The van der Waals surface area contributed by atoms with Gasteiger partial charge in [-0.25, -0.2) is 0 Å². The van der Waals surface area contributed by atoms with Crippen molar-refractivity contribution in [2.24, 2.45) is 0 Å². The van der Waals surface area contributed by atoms with E-state index >= 15 is 0 Å². The van der Waals surface area contributed by atoms with Crippen LogP contribution < -0.4 is 10.1 Å². The summed E-state index contributed by atoms with van der Waals surface area (Å²) < 4.78 is 5.22. The maximum atomic E-state index is 13.1. The summed E-state index contributed by atoms with van der Waals surface area (Å²) in [6, 6.07) is 15.3. The number of thioether (sulfide) groups is 1. The maximum absolute atomic E-state index is 13.1. The smallest absolute Gasteiger partial charge is 0.242 e. The average molecular weight is 443 g/mol. The molecule has 0 aliphatic heterocycles. The molecule has 0 aliphatic rings. The predicted octanol–water partition coefficient (Wildman–Crippen LogP) is 4.57. The van der Waals surface area contributed by atoms with E-state index in [0.717, 1.165) is 23.5 Å². The van der Waals surface area contributed by atoms with Gasteiger partial charge >= 0.3 is 0 Å². The van der Waals surface area contributed by atoms with Gasteiger partial charge in [-0.15, -0.1) is 11.8 Å². The predicted molar refractivity (Wildman–Crippen MR) is 128 cm³/mol. The highest BCUT2D eigenvalue weighted by Crippen LogP contribution is 2.19. The van der Waals surface area contributed by atoms with E-state index in [0.29, 0.717) is 12.3 Å². The van der Waals surface area contributed by atoms with Crippen molar-refractivity contribution in [1.82, 2.24) is 10.2 Å². The summed E-state index contributed by atoms with van der Waals surface area (Å²) in [4.78, 5) is 27.6. The zero-order valence-corrected chi connectivity index (χ0v) is 20.0. The number of aryl methyl sites for hydroxylation is 1. The molecule has 0 spiro atoms. The summed E-state index contributed by atoms with van der Waals surface area (Å²) >= 11 is 1.58. The molecule has 2 aromatic rings. The lowest BCUT2D eigenvalue weighted by Gasteiger charge is -2.29. The molecule has 0 radical (unpaired) electrons. The highest BCUT2D eigenvalue weighted by Gasteiger charge is 2.26. The number of nitrogens with one attached hydrogen (secondary N) is 1. The highest BCUT2D eigenvalue weighted by molar-refractivity contribution is 7.99. The number of carbonyl (C=O) groups is 2. The Morgan fingerprint density at radius 2 is 1.77 bits per heavy atom. The van der Waals surface area contributed by atoms with Crippen LogP contribution in [0.15, 0.2) is 48.5 Å². The van der Waals surface area contributed by atoms with Crippen molar-refractivity contribution in [1.29, 1.82) is 0 Å². The molecule has 1 N–H and O–H groups in total. The van der Waals surface area contributed by atoms with Crippen LogP contribution >= 0.6 is 11.8 Å². The monoisotopic (exact) mass is 442 g/mol. The molecule has 0 saturated heterocycles. The third-order valence-electron chi connectivity index (χ3n) is 5.42. The summed E-state index contributed by atoms with van der Waals surface area (Å²) in [7, 11) is 1.62. The van der Waals surface area contributed by atoms with Crippen LogP contribution in [0, 0.1) is 6.92 Å². The number of hydrogen-bond acceptors (Lipinski definition) is 4. The van der Waals surface area contributed by atoms with Gasteiger partial charge in [-0.3, -0.25) is 9.59 Å². The molecule has 2 rings (SSSR count). The van der Waals surface area contributed by atoms with Crippen molar-refractivity contribution >= 4 is 23.6 Å². The Kier molecular flexibility index (Phi) is 9.92. The number of hydrogen-bond donors (Lipinski definition) is 1. The first-order valence-corrected chi connectivity index (χ1v) is 11.9. The number of amides is 2. The second-order valence-corrected chi connectivity index (χ2v) is 8.77. The maximum Gasteiger partial charge on any atom is 0.242 e. The second kappa shape index (κ2) is 12.4. The summed E-state index contributed by atoms with van der Waals surface area (Å²) in [5.74, 6) is 1.69. The minimum Gasteiger partial charge on any atom is -0.497 e. The molecular formula is C25H34N2O3S. The summed E-state index contributed by atoms with van der Waals surface area (Å²) in [5, 5.41) is 3.00. The summed E-state index contributed by atoms with van der Waals surface area (Å²) in [6.07, 6.45) is 0.844. The number of rotatable bonds is 11. The third kappa shape index (κ3) is 7.62. The van der Waals surface area contributed by atoms with E-state index in [-0.39, 0.29) is 17.9 Å². The van der Waals surface area contributed by atoms with Crippen LogP contribution in [0.2, 0.25) is 0 Å². The van der Waals surface area contributed by atoms with Gasteiger partial charge in [0.2, 0.25) is 11.8 Å². The zero-order valence-electron chi connectivity index (χ0n) is 19.2. The van der Waals surface area contributed by atoms with E-state index in [1.54, 1.807) is 30.7 Å². The van der Waals surface area contributed by atoms with Gasteiger partial charge in [-0.1, -0.05) is 43.3 Å². The average Bonchev–Trinajstić information content (AvgIpc) is 2.78. The van der Waals surface area contributed by atoms with Crippen LogP contribution in [-0.2, 0) is 21.9 Å². The van der Waals surface area contributed by atoms with E-state index in [9.17, 15) is 9.59 Å². The molecule has 0 heterocycles. The van der Waals surface area contributed by atoms with Gasteiger partial charge in [0.1, 0.15) is 11.8 Å². The van der Waals surface area contributed by atoms with Crippen LogP contribution in [0.25, 0.3) is 0 Å². The van der Waals surface area contributed by atoms with Gasteiger partial charge in [-0.2, -0.15) is 0 Å². The van der Waals surface area contributed by atoms with Crippen molar-refractivity contribution in [2.45, 2.75) is 58.5 Å². The molecule has 0 bridgehead atoms. The molecule has 0 saturated carbocycles. The lowest BCUT2D eigenvalue weighted by Crippen LogP contribution is -2.50. The first kappa shape index (κ1) is 24.8. The van der Waals surface area contributed by atoms with Crippen molar-refractivity contribution in [2.75, 3.05) is 12.9 Å². The molecular weight excluding hydrogens is 408 g/mol. The molecule has 168 valence electrons. The van der Waals surface area contributed by atoms with Crippen molar-refractivity contribution in [3.63, 3.8) is 0 Å². The van der Waals surface area contributed by atoms with Crippen LogP contribution in [0.3, 0.4) is 0 Å². The van der Waals surface area contributed by atoms with Crippen LogP contribution in [0.5, 0.6) is 5.75 Å². The molecule has 0 aliphatic carbocycles.